The van der Waals surface area contributed by atoms with Gasteiger partial charge in [-0.1, -0.05) is 6.07 Å². The first kappa shape index (κ1) is 23.9. The molecule has 1 aromatic carbocycles. The van der Waals surface area contributed by atoms with Gasteiger partial charge in [-0.05, 0) is 87.8 Å². The maximum absolute atomic E-state index is 8.36. The SMILES string of the molecule is CN(C)C1C[C@@H]2CC(N(C)Cc3ccc4c(ccn4C)c3)C[C@@H]2C1.O=CO.O=CO. The Balaban J connectivity index is 0.000000480. The van der Waals surface area contributed by atoms with E-state index < -0.39 is 0 Å². The number of carbonyl (C=O) groups is 2. The van der Waals surface area contributed by atoms with Gasteiger partial charge in [0.2, 0.25) is 0 Å². The summed E-state index contributed by atoms with van der Waals surface area (Å²) in [7, 11) is 8.93. The van der Waals surface area contributed by atoms with E-state index in [1.54, 1.807) is 0 Å². The molecule has 2 aliphatic carbocycles. The Bertz CT molecular complexity index is 800. The summed E-state index contributed by atoms with van der Waals surface area (Å²) in [5.74, 6) is 1.92. The van der Waals surface area contributed by atoms with Crippen molar-refractivity contribution in [2.24, 2.45) is 18.9 Å². The molecule has 0 aliphatic heterocycles. The van der Waals surface area contributed by atoms with Crippen molar-refractivity contribution in [1.29, 1.82) is 0 Å². The molecule has 4 atom stereocenters. The normalized spacial score (nSPS) is 24.7. The molecule has 30 heavy (non-hydrogen) atoms. The summed E-state index contributed by atoms with van der Waals surface area (Å²) in [4.78, 5) is 21.8. The van der Waals surface area contributed by atoms with Crippen LogP contribution in [0.15, 0.2) is 30.5 Å². The van der Waals surface area contributed by atoms with E-state index in [9.17, 15) is 0 Å². The molecule has 0 spiro atoms. The molecule has 4 rings (SSSR count). The van der Waals surface area contributed by atoms with Gasteiger partial charge >= 0.3 is 0 Å². The van der Waals surface area contributed by atoms with Gasteiger partial charge < -0.3 is 19.7 Å². The highest BCUT2D eigenvalue weighted by Gasteiger charge is 2.43. The minimum atomic E-state index is -0.250. The molecule has 2 saturated carbocycles. The molecule has 7 nitrogen and oxygen atoms in total. The molecule has 2 aromatic rings. The van der Waals surface area contributed by atoms with Crippen LogP contribution in [0, 0.1) is 11.8 Å². The number of hydrogen-bond acceptors (Lipinski definition) is 4. The van der Waals surface area contributed by atoms with Crippen LogP contribution in [0.1, 0.15) is 31.2 Å². The van der Waals surface area contributed by atoms with Gasteiger partial charge in [-0.25, -0.2) is 0 Å². The predicted molar refractivity (Wildman–Crippen MR) is 118 cm³/mol. The van der Waals surface area contributed by atoms with Crippen molar-refractivity contribution in [3.05, 3.63) is 36.0 Å². The van der Waals surface area contributed by atoms with Crippen LogP contribution in [0.5, 0.6) is 0 Å². The summed E-state index contributed by atoms with van der Waals surface area (Å²) in [5.41, 5.74) is 2.77. The predicted octanol–water partition coefficient (Wildman–Crippen LogP) is 3.13. The average molecular weight is 418 g/mol. The molecule has 0 radical (unpaired) electrons. The molecule has 0 saturated heterocycles. The zero-order valence-electron chi connectivity index (χ0n) is 18.4. The molecule has 7 heteroatoms. The Kier molecular flexibility index (Phi) is 8.87. The third-order valence-corrected chi connectivity index (χ3v) is 6.70. The highest BCUT2D eigenvalue weighted by molar-refractivity contribution is 5.80. The van der Waals surface area contributed by atoms with Gasteiger partial charge in [-0.2, -0.15) is 0 Å². The number of nitrogens with zero attached hydrogens (tertiary/aromatic N) is 3. The quantitative estimate of drug-likeness (QED) is 0.744. The van der Waals surface area contributed by atoms with E-state index in [1.807, 2.05) is 0 Å². The fraction of sp³-hybridized carbons (Fsp3) is 0.565. The molecule has 2 unspecified atom stereocenters. The van der Waals surface area contributed by atoms with Crippen molar-refractivity contribution in [2.75, 3.05) is 21.1 Å². The number of aromatic nitrogens is 1. The van der Waals surface area contributed by atoms with Crippen LogP contribution in [0.3, 0.4) is 0 Å². The summed E-state index contributed by atoms with van der Waals surface area (Å²) >= 11 is 0. The highest BCUT2D eigenvalue weighted by atomic mass is 16.3. The first-order valence-electron chi connectivity index (χ1n) is 10.4. The van der Waals surface area contributed by atoms with E-state index in [-0.39, 0.29) is 12.9 Å². The summed E-state index contributed by atoms with van der Waals surface area (Å²) in [6.07, 6.45) is 7.78. The van der Waals surface area contributed by atoms with Crippen LogP contribution in [0.2, 0.25) is 0 Å². The number of hydrogen-bond donors (Lipinski definition) is 2. The Morgan fingerprint density at radius 1 is 0.967 bits per heavy atom. The lowest BCUT2D eigenvalue weighted by Crippen LogP contribution is -2.31. The topological polar surface area (TPSA) is 86.0 Å². The van der Waals surface area contributed by atoms with Crippen LogP contribution in [-0.4, -0.2) is 70.8 Å². The third-order valence-electron chi connectivity index (χ3n) is 6.70. The smallest absolute Gasteiger partial charge is 0.290 e. The lowest BCUT2D eigenvalue weighted by Gasteiger charge is -2.27. The maximum Gasteiger partial charge on any atom is 0.290 e. The molecule has 0 bridgehead atoms. The zero-order chi connectivity index (χ0) is 22.3. The summed E-state index contributed by atoms with van der Waals surface area (Å²) in [6, 6.07) is 10.8. The number of benzene rings is 1. The number of aryl methyl sites for hydroxylation is 1. The van der Waals surface area contributed by atoms with Crippen molar-refractivity contribution in [3.8, 4) is 0 Å². The van der Waals surface area contributed by atoms with E-state index in [2.05, 4.69) is 73.0 Å². The monoisotopic (exact) mass is 417 g/mol. The van der Waals surface area contributed by atoms with Crippen molar-refractivity contribution < 1.29 is 19.8 Å². The first-order chi connectivity index (χ1) is 14.3. The largest absolute Gasteiger partial charge is 0.483 e. The van der Waals surface area contributed by atoms with E-state index >= 15 is 0 Å². The van der Waals surface area contributed by atoms with Crippen LogP contribution in [0.4, 0.5) is 0 Å². The molecule has 2 aliphatic rings. The van der Waals surface area contributed by atoms with Crippen LogP contribution in [0.25, 0.3) is 10.9 Å². The molecule has 0 amide bonds. The highest BCUT2D eigenvalue weighted by Crippen LogP contribution is 2.46. The Morgan fingerprint density at radius 3 is 2.03 bits per heavy atom. The number of rotatable bonds is 4. The lowest BCUT2D eigenvalue weighted by molar-refractivity contribution is -0.123. The maximum atomic E-state index is 8.36. The van der Waals surface area contributed by atoms with E-state index in [4.69, 9.17) is 19.8 Å². The van der Waals surface area contributed by atoms with Gasteiger partial charge in [0.1, 0.15) is 0 Å². The Hall–Kier alpha value is -2.38. The van der Waals surface area contributed by atoms with E-state index in [1.165, 1.54) is 42.1 Å². The second kappa shape index (κ2) is 11.1. The molecule has 2 fully saturated rings. The molecule has 1 heterocycles. The molecule has 166 valence electrons. The first-order valence-corrected chi connectivity index (χ1v) is 10.4. The summed E-state index contributed by atoms with van der Waals surface area (Å²) in [5, 5.41) is 15.1. The number of fused-ring (bicyclic) bond motifs is 2. The van der Waals surface area contributed by atoms with E-state index in [0.717, 1.165) is 30.5 Å². The second-order valence-corrected chi connectivity index (χ2v) is 8.68. The van der Waals surface area contributed by atoms with Crippen LogP contribution < -0.4 is 0 Å². The van der Waals surface area contributed by atoms with Gasteiger partial charge in [0.05, 0.1) is 0 Å². The van der Waals surface area contributed by atoms with Gasteiger partial charge in [-0.15, -0.1) is 0 Å². The standard InChI is InChI=1S/C21H31N3.2CH2O2/c1-22(2)19-10-17-12-20(13-18(17)11-19)24(4)14-15-5-6-21-16(9-15)7-8-23(21)3;2*2-1-3/h5-9,17-20H,10-14H2,1-4H3;2*1H,(H,2,3)/t17-,18+,19?,20?;;. The lowest BCUT2D eigenvalue weighted by atomic mass is 10.0. The van der Waals surface area contributed by atoms with Gasteiger partial charge in [0.15, 0.2) is 0 Å². The van der Waals surface area contributed by atoms with Crippen molar-refractivity contribution in [1.82, 2.24) is 14.4 Å². The second-order valence-electron chi connectivity index (χ2n) is 8.68. The summed E-state index contributed by atoms with van der Waals surface area (Å²) in [6.45, 7) is 0.575. The van der Waals surface area contributed by atoms with Crippen molar-refractivity contribution in [3.63, 3.8) is 0 Å². The number of carboxylic acid groups (broad SMARTS) is 2. The Morgan fingerprint density at radius 2 is 1.50 bits per heavy atom. The van der Waals surface area contributed by atoms with E-state index in [0.29, 0.717) is 0 Å². The molecular weight excluding hydrogens is 382 g/mol. The molecule has 2 N–H and O–H groups in total. The van der Waals surface area contributed by atoms with Gasteiger partial charge in [0.25, 0.3) is 12.9 Å². The van der Waals surface area contributed by atoms with Crippen molar-refractivity contribution in [2.45, 2.75) is 44.3 Å². The summed E-state index contributed by atoms with van der Waals surface area (Å²) < 4.78 is 2.20. The molecule has 1 aromatic heterocycles. The fourth-order valence-electron chi connectivity index (χ4n) is 5.18. The van der Waals surface area contributed by atoms with Gasteiger partial charge in [-0.3, -0.25) is 14.5 Å². The van der Waals surface area contributed by atoms with Gasteiger partial charge in [0, 0.05) is 37.4 Å². The van der Waals surface area contributed by atoms with Crippen LogP contribution in [-0.2, 0) is 23.2 Å². The zero-order valence-corrected chi connectivity index (χ0v) is 18.4. The fourth-order valence-corrected chi connectivity index (χ4v) is 5.18. The molecular formula is C23H35N3O4. The Labute approximate surface area is 178 Å². The van der Waals surface area contributed by atoms with Crippen molar-refractivity contribution >= 4 is 23.8 Å². The minimum Gasteiger partial charge on any atom is -0.483 e. The third kappa shape index (κ3) is 5.83. The van der Waals surface area contributed by atoms with Crippen LogP contribution >= 0.6 is 0 Å². The average Bonchev–Trinajstić information content (AvgIpc) is 3.36. The minimum absolute atomic E-state index is 0.250.